The Bertz CT molecular complexity index is 1880. The second kappa shape index (κ2) is 15.5. The average Bonchev–Trinajstić information content (AvgIpc) is 3.03. The first-order chi connectivity index (χ1) is 20.6. The molecule has 6 rings (SSSR count). The number of benzene rings is 3. The summed E-state index contributed by atoms with van der Waals surface area (Å²) in [7, 11) is 9.12. The summed E-state index contributed by atoms with van der Waals surface area (Å²) < 4.78 is 1.58. The molecular formula is C29H19Br2N3S8. The van der Waals surface area contributed by atoms with E-state index in [-0.39, 0.29) is 0 Å². The van der Waals surface area contributed by atoms with Crippen LogP contribution in [0.5, 0.6) is 0 Å². The topological polar surface area (TPSA) is 29.0 Å². The number of fused-ring (bicyclic) bond motifs is 2. The number of anilines is 3. The fourth-order valence-corrected chi connectivity index (χ4v) is 16.7. The molecule has 0 N–H and O–H groups in total. The Morgan fingerprint density at radius 2 is 0.976 bits per heavy atom. The quantitative estimate of drug-likeness (QED) is 0.168. The molecule has 0 bridgehead atoms. The van der Waals surface area contributed by atoms with E-state index in [2.05, 4.69) is 144 Å². The summed E-state index contributed by atoms with van der Waals surface area (Å²) >= 11 is 16.4. The largest absolute Gasteiger partial charge is 0.310 e. The van der Waals surface area contributed by atoms with Crippen molar-refractivity contribution in [3.63, 3.8) is 0 Å². The number of halogens is 2. The molecule has 1 aliphatic heterocycles. The molecule has 0 fully saturated rings. The van der Waals surface area contributed by atoms with Gasteiger partial charge < -0.3 is 4.90 Å². The molecule has 2 aromatic heterocycles. The maximum Gasteiger partial charge on any atom is 0.109 e. The molecule has 0 radical (unpaired) electrons. The first-order valence-corrected chi connectivity index (χ1v) is 23.1. The zero-order valence-corrected chi connectivity index (χ0v) is 31.0. The summed E-state index contributed by atoms with van der Waals surface area (Å²) in [6.07, 6.45) is 0. The van der Waals surface area contributed by atoms with Crippen LogP contribution in [0.1, 0.15) is 22.5 Å². The SMILES string of the molecule is Brc1cccc(C2(c3cccc(Br)n3)c3ccccc3N(c3ccccc3)c3ccccc32)n1.S=S=S=S=S=S=S=S. The highest BCUT2D eigenvalue weighted by Crippen LogP contribution is 2.56. The molecule has 0 unspecified atom stereocenters. The summed E-state index contributed by atoms with van der Waals surface area (Å²) in [6, 6.07) is 39.8. The van der Waals surface area contributed by atoms with Gasteiger partial charge in [-0.15, -0.1) is 0 Å². The molecule has 42 heavy (non-hydrogen) atoms. The normalized spacial score (nSPS) is 12.4. The van der Waals surface area contributed by atoms with Gasteiger partial charge in [-0.1, -0.05) is 66.7 Å². The summed E-state index contributed by atoms with van der Waals surface area (Å²) in [5, 5.41) is 0. The van der Waals surface area contributed by atoms with E-state index in [4.69, 9.17) is 9.97 Å². The third-order valence-electron chi connectivity index (χ3n) is 6.45. The number of hydrogen-bond acceptors (Lipinski definition) is 5. The monoisotopic (exact) mass is 823 g/mol. The molecule has 212 valence electrons. The van der Waals surface area contributed by atoms with Gasteiger partial charge in [0.25, 0.3) is 0 Å². The molecule has 0 aliphatic carbocycles. The highest BCUT2D eigenvalue weighted by molar-refractivity contribution is 9.10. The van der Waals surface area contributed by atoms with Gasteiger partial charge in [-0.05, 0) is 91.5 Å². The van der Waals surface area contributed by atoms with Crippen LogP contribution in [-0.2, 0) is 81.1 Å². The fourth-order valence-electron chi connectivity index (χ4n) is 5.06. The lowest BCUT2D eigenvalue weighted by Crippen LogP contribution is -2.39. The molecule has 5 aromatic rings. The molecular weight excluding hydrogens is 807 g/mol. The van der Waals surface area contributed by atoms with Crippen LogP contribution >= 0.6 is 31.9 Å². The standard InChI is InChI=1S/C29H19Br2N3.S8/c30-27-18-8-16-25(32-27)29(26-17-9-19-28(31)33-26)21-12-4-6-14-23(21)34(20-10-2-1-3-11-20)24-15-7-5-13-22(24)29;1-3-5-7-8-6-4-2/h1-19H;. The van der Waals surface area contributed by atoms with Gasteiger partial charge >= 0.3 is 0 Å². The van der Waals surface area contributed by atoms with Crippen LogP contribution in [-0.4, -0.2) is 9.97 Å². The van der Waals surface area contributed by atoms with Crippen molar-refractivity contribution < 1.29 is 0 Å². The molecule has 3 aromatic carbocycles. The van der Waals surface area contributed by atoms with Gasteiger partial charge in [-0.25, -0.2) is 9.97 Å². The van der Waals surface area contributed by atoms with E-state index in [1.807, 2.05) is 30.3 Å². The first kappa shape index (κ1) is 31.9. The molecule has 1 aliphatic rings. The van der Waals surface area contributed by atoms with Crippen molar-refractivity contribution in [3.05, 3.63) is 147 Å². The second-order valence-corrected chi connectivity index (χ2v) is 20.8. The third-order valence-corrected chi connectivity index (χ3v) is 18.4. The van der Waals surface area contributed by atoms with Gasteiger partial charge in [0.05, 0.1) is 22.8 Å². The van der Waals surface area contributed by atoms with Gasteiger partial charge in [0.2, 0.25) is 0 Å². The van der Waals surface area contributed by atoms with E-state index >= 15 is 0 Å². The van der Waals surface area contributed by atoms with Crippen LogP contribution in [0.25, 0.3) is 0 Å². The minimum Gasteiger partial charge on any atom is -0.310 e. The maximum absolute atomic E-state index is 5.01. The lowest BCUT2D eigenvalue weighted by Gasteiger charge is -2.45. The lowest BCUT2D eigenvalue weighted by atomic mass is 9.66. The van der Waals surface area contributed by atoms with Crippen molar-refractivity contribution >= 4 is 125 Å². The molecule has 0 saturated heterocycles. The molecule has 0 atom stereocenters. The average molecular weight is 826 g/mol. The zero-order chi connectivity index (χ0) is 29.4. The van der Waals surface area contributed by atoms with Crippen molar-refractivity contribution in [2.45, 2.75) is 5.41 Å². The van der Waals surface area contributed by atoms with Crippen LogP contribution in [0.2, 0.25) is 0 Å². The predicted octanol–water partition coefficient (Wildman–Crippen LogP) is 8.15. The van der Waals surface area contributed by atoms with E-state index in [1.54, 1.807) is 35.5 Å². The van der Waals surface area contributed by atoms with Crippen molar-refractivity contribution in [1.29, 1.82) is 0 Å². The third kappa shape index (κ3) is 6.75. The fraction of sp³-hybridized carbons (Fsp3) is 0.0345. The van der Waals surface area contributed by atoms with Gasteiger partial charge in [0.15, 0.2) is 0 Å². The van der Waals surface area contributed by atoms with Crippen LogP contribution in [0.15, 0.2) is 124 Å². The van der Waals surface area contributed by atoms with Crippen LogP contribution in [0.4, 0.5) is 17.1 Å². The Labute approximate surface area is 288 Å². The molecule has 0 amide bonds. The molecule has 0 saturated carbocycles. The molecule has 3 nitrogen and oxygen atoms in total. The highest BCUT2D eigenvalue weighted by Gasteiger charge is 2.48. The van der Waals surface area contributed by atoms with E-state index in [0.717, 1.165) is 48.8 Å². The van der Waals surface area contributed by atoms with E-state index in [1.165, 1.54) is 17.8 Å². The number of rotatable bonds is 3. The number of aromatic nitrogens is 2. The Morgan fingerprint density at radius 1 is 0.524 bits per heavy atom. The Morgan fingerprint density at radius 3 is 1.43 bits per heavy atom. The predicted molar refractivity (Wildman–Crippen MR) is 203 cm³/mol. The van der Waals surface area contributed by atoms with Crippen molar-refractivity contribution in [1.82, 2.24) is 9.97 Å². The molecule has 0 spiro atoms. The minimum atomic E-state index is -0.702. The van der Waals surface area contributed by atoms with Crippen molar-refractivity contribution in [3.8, 4) is 0 Å². The smallest absolute Gasteiger partial charge is 0.109 e. The number of para-hydroxylation sites is 3. The van der Waals surface area contributed by atoms with Gasteiger partial charge in [-0.2, -0.15) is 0 Å². The number of pyridine rings is 2. The van der Waals surface area contributed by atoms with Crippen LogP contribution in [0, 0.1) is 0 Å². The molecule has 3 heterocycles. The van der Waals surface area contributed by atoms with Crippen LogP contribution < -0.4 is 4.90 Å². The van der Waals surface area contributed by atoms with E-state index < -0.39 is 5.41 Å². The first-order valence-electron chi connectivity index (χ1n) is 12.2. The second-order valence-electron chi connectivity index (χ2n) is 8.55. The van der Waals surface area contributed by atoms with Gasteiger partial charge in [0, 0.05) is 81.3 Å². The van der Waals surface area contributed by atoms with Crippen LogP contribution in [0.3, 0.4) is 0 Å². The summed E-state index contributed by atoms with van der Waals surface area (Å²) in [4.78, 5) is 12.4. The minimum absolute atomic E-state index is 0.702. The Hall–Kier alpha value is -1.52. The van der Waals surface area contributed by atoms with E-state index in [9.17, 15) is 0 Å². The highest BCUT2D eigenvalue weighted by atomic mass is 79.9. The van der Waals surface area contributed by atoms with Crippen molar-refractivity contribution in [2.24, 2.45) is 0 Å². The molecule has 13 heteroatoms. The number of nitrogens with zero attached hydrogens (tertiary/aromatic N) is 3. The maximum atomic E-state index is 5.01. The summed E-state index contributed by atoms with van der Waals surface area (Å²) in [5.74, 6) is 0. The van der Waals surface area contributed by atoms with Gasteiger partial charge in [0.1, 0.15) is 14.6 Å². The van der Waals surface area contributed by atoms with E-state index in [0.29, 0.717) is 0 Å². The lowest BCUT2D eigenvalue weighted by molar-refractivity contribution is 0.674. The Balaban J connectivity index is 0.000000390. The Kier molecular flexibility index (Phi) is 11.7. The zero-order valence-electron chi connectivity index (χ0n) is 21.3. The summed E-state index contributed by atoms with van der Waals surface area (Å²) in [6.45, 7) is 0. The summed E-state index contributed by atoms with van der Waals surface area (Å²) in [5.41, 5.74) is 6.72. The van der Waals surface area contributed by atoms with Crippen molar-refractivity contribution in [2.75, 3.05) is 4.90 Å². The number of hydrogen-bond donors (Lipinski definition) is 0. The van der Waals surface area contributed by atoms with Gasteiger partial charge in [-0.3, -0.25) is 0 Å².